The van der Waals surface area contributed by atoms with Crippen molar-refractivity contribution in [3.63, 3.8) is 0 Å². The van der Waals surface area contributed by atoms with Crippen molar-refractivity contribution in [3.05, 3.63) is 194 Å². The van der Waals surface area contributed by atoms with Crippen molar-refractivity contribution in [2.45, 2.75) is 0 Å². The van der Waals surface area contributed by atoms with E-state index < -0.39 is 0 Å². The lowest BCUT2D eigenvalue weighted by Crippen LogP contribution is -1.96. The molecule has 2 nitrogen and oxygen atoms in total. The topological polar surface area (TPSA) is 25.8 Å². The Bertz CT molecular complexity index is 3270. The van der Waals surface area contributed by atoms with E-state index in [0.29, 0.717) is 5.82 Å². The summed E-state index contributed by atoms with van der Waals surface area (Å²) < 4.78 is 2.61. The van der Waals surface area contributed by atoms with Gasteiger partial charge in [0.15, 0.2) is 5.82 Å². The number of aromatic nitrogens is 2. The first-order chi connectivity index (χ1) is 27.2. The van der Waals surface area contributed by atoms with Gasteiger partial charge in [-0.1, -0.05) is 164 Å². The van der Waals surface area contributed by atoms with E-state index in [9.17, 15) is 0 Å². The smallest absolute Gasteiger partial charge is 0.160 e. The lowest BCUT2D eigenvalue weighted by Gasteiger charge is -2.15. The molecule has 0 saturated heterocycles. The lowest BCUT2D eigenvalue weighted by molar-refractivity contribution is 1.18. The first kappa shape index (κ1) is 31.6. The molecule has 0 N–H and O–H groups in total. The zero-order chi connectivity index (χ0) is 36.3. The van der Waals surface area contributed by atoms with E-state index in [2.05, 4.69) is 176 Å². The van der Waals surface area contributed by atoms with E-state index >= 15 is 0 Å². The van der Waals surface area contributed by atoms with E-state index in [1.807, 2.05) is 29.5 Å². The minimum atomic E-state index is 0.706. The fraction of sp³-hybridized carbons (Fsp3) is 0. The van der Waals surface area contributed by atoms with Gasteiger partial charge in [0.2, 0.25) is 0 Å². The Morgan fingerprint density at radius 1 is 0.327 bits per heavy atom. The molecule has 0 aliphatic rings. The normalized spacial score (nSPS) is 11.6. The van der Waals surface area contributed by atoms with Crippen molar-refractivity contribution in [1.82, 2.24) is 9.97 Å². The fourth-order valence-corrected chi connectivity index (χ4v) is 9.48. The minimum Gasteiger partial charge on any atom is -0.228 e. The zero-order valence-corrected chi connectivity index (χ0v) is 30.6. The number of hydrogen-bond acceptors (Lipinski definition) is 3. The second-order valence-electron chi connectivity index (χ2n) is 14.1. The number of nitrogens with zero attached hydrogens (tertiary/aromatic N) is 2. The van der Waals surface area contributed by atoms with Crippen molar-refractivity contribution < 1.29 is 0 Å². The highest BCUT2D eigenvalue weighted by molar-refractivity contribution is 7.26. The van der Waals surface area contributed by atoms with Crippen LogP contribution in [0, 0.1) is 0 Å². The van der Waals surface area contributed by atoms with Crippen LogP contribution in [0.15, 0.2) is 194 Å². The summed E-state index contributed by atoms with van der Waals surface area (Å²) in [5.74, 6) is 0.706. The van der Waals surface area contributed by atoms with Gasteiger partial charge in [0.25, 0.3) is 0 Å². The van der Waals surface area contributed by atoms with Gasteiger partial charge >= 0.3 is 0 Å². The van der Waals surface area contributed by atoms with Gasteiger partial charge in [-0.2, -0.15) is 0 Å². The third kappa shape index (κ3) is 5.40. The van der Waals surface area contributed by atoms with E-state index in [0.717, 1.165) is 33.6 Å². The number of fused-ring (bicyclic) bond motifs is 7. The van der Waals surface area contributed by atoms with E-state index in [-0.39, 0.29) is 0 Å². The van der Waals surface area contributed by atoms with Gasteiger partial charge in [-0.25, -0.2) is 9.97 Å². The van der Waals surface area contributed by atoms with Gasteiger partial charge < -0.3 is 0 Å². The molecule has 0 amide bonds. The van der Waals surface area contributed by atoms with Crippen LogP contribution in [0.4, 0.5) is 0 Å². The van der Waals surface area contributed by atoms with Crippen molar-refractivity contribution in [1.29, 1.82) is 0 Å². The van der Waals surface area contributed by atoms with Crippen LogP contribution in [0.25, 0.3) is 109 Å². The fourth-order valence-electron chi connectivity index (χ4n) is 8.25. The van der Waals surface area contributed by atoms with Crippen LogP contribution in [0.2, 0.25) is 0 Å². The third-order valence-electron chi connectivity index (χ3n) is 10.8. The monoisotopic (exact) mass is 716 g/mol. The minimum absolute atomic E-state index is 0.706. The number of rotatable bonds is 5. The van der Waals surface area contributed by atoms with Crippen LogP contribution in [-0.4, -0.2) is 9.97 Å². The van der Waals surface area contributed by atoms with Crippen LogP contribution in [0.1, 0.15) is 0 Å². The molecule has 3 heteroatoms. The zero-order valence-electron chi connectivity index (χ0n) is 29.8. The molecular formula is C52H32N2S. The molecule has 55 heavy (non-hydrogen) atoms. The van der Waals surface area contributed by atoms with E-state index in [1.54, 1.807) is 0 Å². The van der Waals surface area contributed by atoms with E-state index in [1.165, 1.54) is 69.2 Å². The van der Waals surface area contributed by atoms with Gasteiger partial charge in [-0.05, 0) is 84.9 Å². The predicted octanol–water partition coefficient (Wildman–Crippen LogP) is 14.6. The van der Waals surface area contributed by atoms with Crippen molar-refractivity contribution in [2.24, 2.45) is 0 Å². The van der Waals surface area contributed by atoms with Gasteiger partial charge in [-0.15, -0.1) is 11.3 Å². The summed E-state index contributed by atoms with van der Waals surface area (Å²) in [4.78, 5) is 10.5. The summed E-state index contributed by atoms with van der Waals surface area (Å²) in [6.07, 6.45) is 0. The number of hydrogen-bond donors (Lipinski definition) is 0. The number of benzene rings is 9. The van der Waals surface area contributed by atoms with Crippen molar-refractivity contribution >= 4 is 63.8 Å². The van der Waals surface area contributed by atoms with Crippen molar-refractivity contribution in [2.75, 3.05) is 0 Å². The molecule has 0 aliphatic carbocycles. The molecule has 0 saturated carbocycles. The second-order valence-corrected chi connectivity index (χ2v) is 15.2. The maximum atomic E-state index is 5.24. The highest BCUT2D eigenvalue weighted by Gasteiger charge is 2.16. The van der Waals surface area contributed by atoms with Crippen LogP contribution in [0.5, 0.6) is 0 Å². The van der Waals surface area contributed by atoms with Gasteiger partial charge in [0, 0.05) is 36.9 Å². The largest absolute Gasteiger partial charge is 0.228 e. The van der Waals surface area contributed by atoms with Crippen LogP contribution >= 0.6 is 11.3 Å². The molecule has 0 unspecified atom stereocenters. The summed E-state index contributed by atoms with van der Waals surface area (Å²) in [5, 5.41) is 10.1. The molecule has 0 atom stereocenters. The maximum absolute atomic E-state index is 5.24. The standard InChI is InChI=1S/C52H32N2S/c1-2-14-34(15-3-1)52-53-47(37-18-10-17-35(29-37)42-24-12-25-45-43-23-8-9-26-49(43)55-51(42)45)32-48(54-52)38-19-11-20-39(30-38)50-41-22-7-5-16-36(41)31-46-40-21-6-4-13-33(40)27-28-44(46)50/h1-32H. The quantitative estimate of drug-likeness (QED) is 0.131. The average molecular weight is 717 g/mol. The summed E-state index contributed by atoms with van der Waals surface area (Å²) >= 11 is 1.86. The second kappa shape index (κ2) is 12.9. The van der Waals surface area contributed by atoms with Gasteiger partial charge in [-0.3, -0.25) is 0 Å². The van der Waals surface area contributed by atoms with Crippen LogP contribution in [-0.2, 0) is 0 Å². The molecule has 0 radical (unpaired) electrons. The molecule has 0 fully saturated rings. The maximum Gasteiger partial charge on any atom is 0.160 e. The van der Waals surface area contributed by atoms with Crippen LogP contribution < -0.4 is 0 Å². The Morgan fingerprint density at radius 3 is 1.75 bits per heavy atom. The molecule has 0 bridgehead atoms. The Hall–Kier alpha value is -6.94. The molecule has 2 heterocycles. The van der Waals surface area contributed by atoms with Crippen molar-refractivity contribution in [3.8, 4) is 56.2 Å². The lowest BCUT2D eigenvalue weighted by atomic mass is 9.89. The highest BCUT2D eigenvalue weighted by Crippen LogP contribution is 2.42. The molecule has 2 aromatic heterocycles. The Kier molecular flexibility index (Phi) is 7.39. The summed E-state index contributed by atoms with van der Waals surface area (Å²) in [6.45, 7) is 0. The summed E-state index contributed by atoms with van der Waals surface area (Å²) in [6, 6.07) is 69.8. The Balaban J connectivity index is 1.09. The molecule has 11 aromatic rings. The molecular weight excluding hydrogens is 685 g/mol. The molecule has 9 aromatic carbocycles. The Morgan fingerprint density at radius 2 is 0.927 bits per heavy atom. The summed E-state index contributed by atoms with van der Waals surface area (Å²) in [7, 11) is 0. The summed E-state index contributed by atoms with van der Waals surface area (Å²) in [5.41, 5.74) is 9.68. The average Bonchev–Trinajstić information content (AvgIpc) is 3.65. The predicted molar refractivity (Wildman–Crippen MR) is 235 cm³/mol. The highest BCUT2D eigenvalue weighted by atomic mass is 32.1. The van der Waals surface area contributed by atoms with Gasteiger partial charge in [0.1, 0.15) is 0 Å². The van der Waals surface area contributed by atoms with E-state index in [4.69, 9.17) is 9.97 Å². The first-order valence-electron chi connectivity index (χ1n) is 18.6. The molecule has 256 valence electrons. The van der Waals surface area contributed by atoms with Gasteiger partial charge in [0.05, 0.1) is 11.4 Å². The number of thiophene rings is 1. The molecule has 0 spiro atoms. The SMILES string of the molecule is c1ccc(-c2nc(-c3cccc(-c4c5ccccc5cc5c4ccc4ccccc45)c3)cc(-c3cccc(-c4cccc5c4sc4ccccc45)c3)n2)cc1. The Labute approximate surface area is 322 Å². The first-order valence-corrected chi connectivity index (χ1v) is 19.5. The molecule has 11 rings (SSSR count). The molecule has 0 aliphatic heterocycles. The third-order valence-corrected chi connectivity index (χ3v) is 12.1. The van der Waals surface area contributed by atoms with Crippen LogP contribution in [0.3, 0.4) is 0 Å².